The van der Waals surface area contributed by atoms with Gasteiger partial charge >= 0.3 is 0 Å². The highest BCUT2D eigenvalue weighted by atomic mass is 16.5. The molecule has 6 nitrogen and oxygen atoms in total. The summed E-state index contributed by atoms with van der Waals surface area (Å²) in [6.07, 6.45) is 2.91. The van der Waals surface area contributed by atoms with Crippen LogP contribution in [-0.2, 0) is 11.2 Å². The van der Waals surface area contributed by atoms with Gasteiger partial charge < -0.3 is 14.5 Å². The monoisotopic (exact) mass is 317 g/mol. The van der Waals surface area contributed by atoms with Crippen LogP contribution < -0.4 is 9.80 Å². The molecule has 6 heteroatoms. The Bertz CT molecular complexity index is 522. The number of ether oxygens (including phenoxy) is 1. The van der Waals surface area contributed by atoms with E-state index in [0.29, 0.717) is 0 Å². The molecular weight excluding hydrogens is 290 g/mol. The smallest absolute Gasteiger partial charge is 0.227 e. The minimum atomic E-state index is 0.759. The second kappa shape index (κ2) is 7.75. The van der Waals surface area contributed by atoms with Crippen LogP contribution >= 0.6 is 0 Å². The van der Waals surface area contributed by atoms with Crippen molar-refractivity contribution in [3.63, 3.8) is 0 Å². The van der Waals surface area contributed by atoms with Crippen molar-refractivity contribution in [1.82, 2.24) is 14.9 Å². The van der Waals surface area contributed by atoms with Gasteiger partial charge in [-0.3, -0.25) is 4.90 Å². The van der Waals surface area contributed by atoms with Crippen molar-refractivity contribution in [2.24, 2.45) is 0 Å². The lowest BCUT2D eigenvalue weighted by Gasteiger charge is -2.35. The molecule has 2 fully saturated rings. The molecule has 0 atom stereocenters. The molecule has 2 aliphatic rings. The second-order valence-electron chi connectivity index (χ2n) is 6.05. The summed E-state index contributed by atoms with van der Waals surface area (Å²) in [5, 5.41) is 0. The van der Waals surface area contributed by atoms with E-state index in [2.05, 4.69) is 34.3 Å². The third kappa shape index (κ3) is 4.00. The Morgan fingerprint density at radius 1 is 1.09 bits per heavy atom. The molecule has 0 bridgehead atoms. The fourth-order valence-electron chi connectivity index (χ4n) is 3.06. The summed E-state index contributed by atoms with van der Waals surface area (Å²) in [6, 6.07) is 2.15. The molecule has 23 heavy (non-hydrogen) atoms. The molecule has 0 amide bonds. The Morgan fingerprint density at radius 3 is 2.48 bits per heavy atom. The highest BCUT2D eigenvalue weighted by Gasteiger charge is 2.20. The van der Waals surface area contributed by atoms with Crippen LogP contribution in [0.15, 0.2) is 18.7 Å². The number of rotatable bonds is 5. The minimum absolute atomic E-state index is 0.759. The summed E-state index contributed by atoms with van der Waals surface area (Å²) >= 11 is 0. The van der Waals surface area contributed by atoms with Gasteiger partial charge in [0, 0.05) is 57.6 Å². The number of anilines is 2. The summed E-state index contributed by atoms with van der Waals surface area (Å²) in [7, 11) is 0. The van der Waals surface area contributed by atoms with Crippen molar-refractivity contribution < 1.29 is 4.74 Å². The van der Waals surface area contributed by atoms with Gasteiger partial charge in [0.25, 0.3) is 0 Å². The Hall–Kier alpha value is -1.66. The lowest BCUT2D eigenvalue weighted by atomic mass is 10.2. The molecular formula is C17H27N5O. The molecule has 0 unspecified atom stereocenters. The normalized spacial score (nSPS) is 19.9. The lowest BCUT2D eigenvalue weighted by molar-refractivity contribution is 0.122. The number of piperazine rings is 1. The summed E-state index contributed by atoms with van der Waals surface area (Å²) in [5.74, 6) is 1.92. The summed E-state index contributed by atoms with van der Waals surface area (Å²) in [5.41, 5.74) is 1.12. The van der Waals surface area contributed by atoms with Gasteiger partial charge in [-0.15, -0.1) is 6.58 Å². The SMILES string of the molecule is C=CCN1CCN(c2cc(CC)nc(N3CCOCC3)n2)CC1. The van der Waals surface area contributed by atoms with E-state index in [1.807, 2.05) is 6.08 Å². The van der Waals surface area contributed by atoms with Crippen LogP contribution in [0.1, 0.15) is 12.6 Å². The number of hydrogen-bond donors (Lipinski definition) is 0. The van der Waals surface area contributed by atoms with Crippen molar-refractivity contribution in [3.8, 4) is 0 Å². The second-order valence-corrected chi connectivity index (χ2v) is 6.05. The highest BCUT2D eigenvalue weighted by molar-refractivity contribution is 5.46. The van der Waals surface area contributed by atoms with Crippen molar-refractivity contribution in [2.75, 3.05) is 68.8 Å². The molecule has 0 spiro atoms. The number of aromatic nitrogens is 2. The van der Waals surface area contributed by atoms with Gasteiger partial charge in [-0.25, -0.2) is 4.98 Å². The molecule has 0 aromatic carbocycles. The van der Waals surface area contributed by atoms with Crippen LogP contribution in [0.4, 0.5) is 11.8 Å². The number of hydrogen-bond acceptors (Lipinski definition) is 6. The topological polar surface area (TPSA) is 44.7 Å². The summed E-state index contributed by atoms with van der Waals surface area (Å²) in [4.78, 5) is 16.6. The van der Waals surface area contributed by atoms with Gasteiger partial charge in [0.2, 0.25) is 5.95 Å². The maximum absolute atomic E-state index is 5.44. The van der Waals surface area contributed by atoms with Gasteiger partial charge in [0.05, 0.1) is 13.2 Å². The summed E-state index contributed by atoms with van der Waals surface area (Å²) in [6.45, 7) is 14.4. The average molecular weight is 317 g/mol. The van der Waals surface area contributed by atoms with E-state index in [1.165, 1.54) is 0 Å². The molecule has 126 valence electrons. The molecule has 2 aliphatic heterocycles. The predicted molar refractivity (Wildman–Crippen MR) is 93.3 cm³/mol. The fraction of sp³-hybridized carbons (Fsp3) is 0.647. The molecule has 1 aromatic heterocycles. The first-order chi connectivity index (χ1) is 11.3. The van der Waals surface area contributed by atoms with E-state index in [1.54, 1.807) is 0 Å². The zero-order valence-corrected chi connectivity index (χ0v) is 14.1. The Balaban J connectivity index is 1.74. The van der Waals surface area contributed by atoms with Crippen LogP contribution in [0.25, 0.3) is 0 Å². The number of aryl methyl sites for hydroxylation is 1. The average Bonchev–Trinajstić information content (AvgIpc) is 2.63. The van der Waals surface area contributed by atoms with Crippen LogP contribution in [0.5, 0.6) is 0 Å². The Labute approximate surface area is 138 Å². The zero-order chi connectivity index (χ0) is 16.1. The van der Waals surface area contributed by atoms with Gasteiger partial charge in [-0.2, -0.15) is 4.98 Å². The van der Waals surface area contributed by atoms with Crippen molar-refractivity contribution in [3.05, 3.63) is 24.4 Å². The van der Waals surface area contributed by atoms with Crippen LogP contribution in [0.3, 0.4) is 0 Å². The molecule has 2 saturated heterocycles. The number of nitrogens with zero attached hydrogens (tertiary/aromatic N) is 5. The molecule has 3 rings (SSSR count). The predicted octanol–water partition coefficient (Wildman–Crippen LogP) is 1.18. The summed E-state index contributed by atoms with van der Waals surface area (Å²) < 4.78 is 5.44. The third-order valence-corrected chi connectivity index (χ3v) is 4.49. The maximum Gasteiger partial charge on any atom is 0.227 e. The largest absolute Gasteiger partial charge is 0.378 e. The Kier molecular flexibility index (Phi) is 5.46. The van der Waals surface area contributed by atoms with E-state index in [-0.39, 0.29) is 0 Å². The van der Waals surface area contributed by atoms with Crippen molar-refractivity contribution in [1.29, 1.82) is 0 Å². The highest BCUT2D eigenvalue weighted by Crippen LogP contribution is 2.20. The Morgan fingerprint density at radius 2 is 1.83 bits per heavy atom. The van der Waals surface area contributed by atoms with Crippen LogP contribution in [0.2, 0.25) is 0 Å². The van der Waals surface area contributed by atoms with Gasteiger partial charge in [0.15, 0.2) is 0 Å². The fourth-order valence-corrected chi connectivity index (χ4v) is 3.06. The van der Waals surface area contributed by atoms with E-state index >= 15 is 0 Å². The van der Waals surface area contributed by atoms with E-state index in [0.717, 1.165) is 82.9 Å². The first-order valence-electron chi connectivity index (χ1n) is 8.59. The quantitative estimate of drug-likeness (QED) is 0.760. The van der Waals surface area contributed by atoms with E-state index in [9.17, 15) is 0 Å². The maximum atomic E-state index is 5.44. The van der Waals surface area contributed by atoms with Crippen LogP contribution in [0, 0.1) is 0 Å². The van der Waals surface area contributed by atoms with Crippen LogP contribution in [-0.4, -0.2) is 73.9 Å². The van der Waals surface area contributed by atoms with Crippen molar-refractivity contribution >= 4 is 11.8 Å². The van der Waals surface area contributed by atoms with E-state index in [4.69, 9.17) is 14.7 Å². The van der Waals surface area contributed by atoms with Gasteiger partial charge in [-0.1, -0.05) is 13.0 Å². The first kappa shape index (κ1) is 16.2. The zero-order valence-electron chi connectivity index (χ0n) is 14.1. The molecule has 0 radical (unpaired) electrons. The molecule has 1 aromatic rings. The lowest BCUT2D eigenvalue weighted by Crippen LogP contribution is -2.47. The molecule has 0 N–H and O–H groups in total. The third-order valence-electron chi connectivity index (χ3n) is 4.49. The molecule has 0 saturated carbocycles. The van der Waals surface area contributed by atoms with Gasteiger partial charge in [0.1, 0.15) is 5.82 Å². The minimum Gasteiger partial charge on any atom is -0.378 e. The standard InChI is InChI=1S/C17H27N5O/c1-3-5-20-6-8-21(9-7-20)16-14-15(4-2)18-17(19-16)22-10-12-23-13-11-22/h3,14H,1,4-13H2,2H3. The number of morpholine rings is 1. The van der Waals surface area contributed by atoms with Gasteiger partial charge in [-0.05, 0) is 6.42 Å². The van der Waals surface area contributed by atoms with E-state index < -0.39 is 0 Å². The molecule has 3 heterocycles. The van der Waals surface area contributed by atoms with Crippen molar-refractivity contribution in [2.45, 2.75) is 13.3 Å². The first-order valence-corrected chi connectivity index (χ1v) is 8.59. The molecule has 0 aliphatic carbocycles.